The second-order valence-electron chi connectivity index (χ2n) is 6.26. The van der Waals surface area contributed by atoms with E-state index in [2.05, 4.69) is 4.98 Å². The van der Waals surface area contributed by atoms with E-state index in [1.54, 1.807) is 67.2 Å². The Morgan fingerprint density at radius 2 is 1.83 bits per heavy atom. The molecule has 1 amide bonds. The molecule has 1 aliphatic rings. The summed E-state index contributed by atoms with van der Waals surface area (Å²) < 4.78 is 5.20. The number of aliphatic hydroxyl groups excluding tert-OH is 1. The predicted molar refractivity (Wildman–Crippen MR) is 111 cm³/mol. The van der Waals surface area contributed by atoms with Crippen LogP contribution in [0, 0.1) is 0 Å². The van der Waals surface area contributed by atoms with E-state index in [1.165, 1.54) is 16.2 Å². The van der Waals surface area contributed by atoms with Crippen LogP contribution >= 0.6 is 22.9 Å². The maximum absolute atomic E-state index is 12.9. The van der Waals surface area contributed by atoms with Crippen molar-refractivity contribution >= 4 is 45.5 Å². The van der Waals surface area contributed by atoms with Gasteiger partial charge in [0.05, 0.1) is 18.7 Å². The Morgan fingerprint density at radius 1 is 1.14 bits per heavy atom. The first kappa shape index (κ1) is 19.2. The normalized spacial score (nSPS) is 18.3. The van der Waals surface area contributed by atoms with Crippen molar-refractivity contribution in [3.05, 3.63) is 81.8 Å². The highest BCUT2D eigenvalue weighted by molar-refractivity contribution is 7.14. The van der Waals surface area contributed by atoms with Gasteiger partial charge < -0.3 is 9.84 Å². The summed E-state index contributed by atoms with van der Waals surface area (Å²) in [4.78, 5) is 31.3. The Morgan fingerprint density at radius 3 is 2.41 bits per heavy atom. The second kappa shape index (κ2) is 7.69. The molecule has 8 heteroatoms. The summed E-state index contributed by atoms with van der Waals surface area (Å²) in [5, 5.41) is 13.5. The lowest BCUT2D eigenvalue weighted by molar-refractivity contribution is -0.132. The number of thiazole rings is 1. The Balaban J connectivity index is 1.91. The lowest BCUT2D eigenvalue weighted by Gasteiger charge is -2.23. The minimum atomic E-state index is -0.817. The summed E-state index contributed by atoms with van der Waals surface area (Å²) in [5.41, 5.74) is 1.04. The number of halogens is 1. The van der Waals surface area contributed by atoms with Crippen molar-refractivity contribution in [1.82, 2.24) is 4.98 Å². The molecule has 0 spiro atoms. The van der Waals surface area contributed by atoms with Gasteiger partial charge in [-0.25, -0.2) is 4.98 Å². The fourth-order valence-corrected chi connectivity index (χ4v) is 4.02. The number of hydrogen-bond acceptors (Lipinski definition) is 6. The third-order valence-electron chi connectivity index (χ3n) is 4.62. The maximum Gasteiger partial charge on any atom is 0.301 e. The van der Waals surface area contributed by atoms with Gasteiger partial charge in [0.1, 0.15) is 11.5 Å². The topological polar surface area (TPSA) is 79.7 Å². The van der Waals surface area contributed by atoms with Gasteiger partial charge in [0, 0.05) is 22.2 Å². The Hall–Kier alpha value is -3.16. The van der Waals surface area contributed by atoms with Gasteiger partial charge in [0.2, 0.25) is 0 Å². The number of aromatic nitrogens is 1. The summed E-state index contributed by atoms with van der Waals surface area (Å²) >= 11 is 7.16. The smallest absolute Gasteiger partial charge is 0.301 e. The van der Waals surface area contributed by atoms with Gasteiger partial charge in [-0.15, -0.1) is 11.3 Å². The van der Waals surface area contributed by atoms with Crippen molar-refractivity contribution < 1.29 is 19.4 Å². The highest BCUT2D eigenvalue weighted by Gasteiger charge is 2.47. The maximum atomic E-state index is 12.9. The van der Waals surface area contributed by atoms with E-state index in [9.17, 15) is 14.7 Å². The van der Waals surface area contributed by atoms with Crippen LogP contribution in [0.4, 0.5) is 5.13 Å². The van der Waals surface area contributed by atoms with E-state index < -0.39 is 17.7 Å². The summed E-state index contributed by atoms with van der Waals surface area (Å²) in [6, 6.07) is 12.6. The minimum absolute atomic E-state index is 0.00214. The third kappa shape index (κ3) is 3.39. The van der Waals surface area contributed by atoms with Crippen LogP contribution < -0.4 is 9.64 Å². The average Bonchev–Trinajstić information content (AvgIpc) is 3.35. The van der Waals surface area contributed by atoms with E-state index in [0.717, 1.165) is 0 Å². The van der Waals surface area contributed by atoms with Crippen LogP contribution in [0.2, 0.25) is 5.02 Å². The van der Waals surface area contributed by atoms with E-state index in [0.29, 0.717) is 27.0 Å². The van der Waals surface area contributed by atoms with Gasteiger partial charge in [-0.3, -0.25) is 14.5 Å². The predicted octanol–water partition coefficient (Wildman–Crippen LogP) is 4.43. The standard InChI is InChI=1S/C21H15ClN2O4S/c1-28-15-8-4-12(5-9-15)17-16(18(25)13-2-6-14(22)7-3-13)19(26)20(27)24(17)21-23-10-11-29-21/h2-11,17,25H,1H3/b18-16+/t17-/m0/s1. The molecule has 1 aromatic heterocycles. The summed E-state index contributed by atoms with van der Waals surface area (Å²) in [6.07, 6.45) is 1.56. The van der Waals surface area contributed by atoms with E-state index >= 15 is 0 Å². The Labute approximate surface area is 175 Å². The monoisotopic (exact) mass is 426 g/mol. The summed E-state index contributed by atoms with van der Waals surface area (Å²) in [6.45, 7) is 0. The van der Waals surface area contributed by atoms with Gasteiger partial charge in [-0.05, 0) is 42.0 Å². The number of carbonyl (C=O) groups is 2. The fraction of sp³-hybridized carbons (Fsp3) is 0.0952. The van der Waals surface area contributed by atoms with Gasteiger partial charge in [-0.2, -0.15) is 0 Å². The van der Waals surface area contributed by atoms with Crippen LogP contribution in [0.25, 0.3) is 5.76 Å². The zero-order valence-corrected chi connectivity index (χ0v) is 16.8. The van der Waals surface area contributed by atoms with Crippen LogP contribution in [0.1, 0.15) is 17.2 Å². The highest BCUT2D eigenvalue weighted by Crippen LogP contribution is 2.43. The van der Waals surface area contributed by atoms with E-state index in [4.69, 9.17) is 16.3 Å². The van der Waals surface area contributed by atoms with Crippen molar-refractivity contribution in [3.63, 3.8) is 0 Å². The number of carbonyl (C=O) groups excluding carboxylic acids is 2. The van der Waals surface area contributed by atoms with Crippen LogP contribution in [0.3, 0.4) is 0 Å². The Kier molecular flexibility index (Phi) is 5.08. The molecule has 1 fully saturated rings. The fourth-order valence-electron chi connectivity index (χ4n) is 3.23. The van der Waals surface area contributed by atoms with Gasteiger partial charge in [-0.1, -0.05) is 23.7 Å². The molecule has 0 unspecified atom stereocenters. The molecule has 4 rings (SSSR count). The number of nitrogens with zero attached hydrogens (tertiary/aromatic N) is 2. The summed E-state index contributed by atoms with van der Waals surface area (Å²) in [5.74, 6) is -1.14. The quantitative estimate of drug-likeness (QED) is 0.379. The van der Waals surface area contributed by atoms with Crippen LogP contribution in [0.15, 0.2) is 65.7 Å². The molecule has 1 N–H and O–H groups in total. The van der Waals surface area contributed by atoms with Crippen molar-refractivity contribution in [3.8, 4) is 5.75 Å². The molecule has 1 aliphatic heterocycles. The first-order valence-electron chi connectivity index (χ1n) is 8.61. The van der Waals surface area contributed by atoms with Crippen molar-refractivity contribution in [2.75, 3.05) is 12.0 Å². The molecule has 29 heavy (non-hydrogen) atoms. The van der Waals surface area contributed by atoms with Crippen LogP contribution in [-0.4, -0.2) is 28.9 Å². The molecule has 0 saturated carbocycles. The number of amides is 1. The minimum Gasteiger partial charge on any atom is -0.507 e. The molecule has 3 aromatic rings. The lowest BCUT2D eigenvalue weighted by atomic mass is 9.95. The van der Waals surface area contributed by atoms with Crippen molar-refractivity contribution in [2.24, 2.45) is 0 Å². The number of benzene rings is 2. The average molecular weight is 427 g/mol. The zero-order chi connectivity index (χ0) is 20.5. The number of ether oxygens (including phenoxy) is 1. The molecule has 1 saturated heterocycles. The third-order valence-corrected chi connectivity index (χ3v) is 5.64. The molecule has 146 valence electrons. The molecule has 0 aliphatic carbocycles. The van der Waals surface area contributed by atoms with E-state index in [-0.39, 0.29) is 11.3 Å². The van der Waals surface area contributed by atoms with Crippen LogP contribution in [-0.2, 0) is 9.59 Å². The Bertz CT molecular complexity index is 1090. The number of methoxy groups -OCH3 is 1. The molecular weight excluding hydrogens is 412 g/mol. The first-order chi connectivity index (χ1) is 14.0. The number of ketones is 1. The van der Waals surface area contributed by atoms with E-state index in [1.807, 2.05) is 0 Å². The molecule has 0 bridgehead atoms. The number of aliphatic hydroxyl groups is 1. The van der Waals surface area contributed by atoms with Crippen molar-refractivity contribution in [1.29, 1.82) is 0 Å². The molecule has 0 radical (unpaired) electrons. The van der Waals surface area contributed by atoms with Gasteiger partial charge in [0.15, 0.2) is 5.13 Å². The number of Topliss-reactive ketones (excluding diaryl/α,β-unsaturated/α-hetero) is 1. The number of anilines is 1. The van der Waals surface area contributed by atoms with Crippen LogP contribution in [0.5, 0.6) is 5.75 Å². The first-order valence-corrected chi connectivity index (χ1v) is 9.87. The number of hydrogen-bond donors (Lipinski definition) is 1. The molecule has 2 aromatic carbocycles. The molecule has 1 atom stereocenters. The largest absolute Gasteiger partial charge is 0.507 e. The van der Waals surface area contributed by atoms with Crippen molar-refractivity contribution in [2.45, 2.75) is 6.04 Å². The highest BCUT2D eigenvalue weighted by atomic mass is 35.5. The second-order valence-corrected chi connectivity index (χ2v) is 7.57. The lowest BCUT2D eigenvalue weighted by Crippen LogP contribution is -2.29. The molecule has 6 nitrogen and oxygen atoms in total. The van der Waals surface area contributed by atoms with Gasteiger partial charge in [0.25, 0.3) is 5.78 Å². The van der Waals surface area contributed by atoms with Gasteiger partial charge >= 0.3 is 5.91 Å². The molecular formula is C21H15ClN2O4S. The number of rotatable bonds is 4. The zero-order valence-electron chi connectivity index (χ0n) is 15.2. The summed E-state index contributed by atoms with van der Waals surface area (Å²) in [7, 11) is 1.55. The molecule has 2 heterocycles. The SMILES string of the molecule is COc1ccc([C@H]2/C(=C(\O)c3ccc(Cl)cc3)C(=O)C(=O)N2c2nccs2)cc1.